The van der Waals surface area contributed by atoms with Gasteiger partial charge in [0.25, 0.3) is 5.91 Å². The fraction of sp³-hybridized carbons (Fsp3) is 0.562. The van der Waals surface area contributed by atoms with Gasteiger partial charge in [0.15, 0.2) is 0 Å². The summed E-state index contributed by atoms with van der Waals surface area (Å²) in [5.41, 5.74) is 8.06. The summed E-state index contributed by atoms with van der Waals surface area (Å²) in [6.07, 6.45) is 7.80. The van der Waals surface area contributed by atoms with E-state index in [1.807, 2.05) is 19.1 Å². The summed E-state index contributed by atoms with van der Waals surface area (Å²) in [4.78, 5) is 12.2. The van der Waals surface area contributed by atoms with E-state index in [1.165, 1.54) is 32.1 Å². The van der Waals surface area contributed by atoms with Gasteiger partial charge in [-0.1, -0.05) is 48.0 Å². The summed E-state index contributed by atoms with van der Waals surface area (Å²) in [7, 11) is 0. The van der Waals surface area contributed by atoms with Crippen LogP contribution in [0.25, 0.3) is 0 Å². The van der Waals surface area contributed by atoms with Crippen molar-refractivity contribution in [2.24, 2.45) is 5.92 Å². The lowest BCUT2D eigenvalue weighted by atomic mass is 9.87. The molecule has 3 N–H and O–H groups in total. The Hall–Kier alpha value is -1.03. The molecule has 1 aliphatic rings. The first-order chi connectivity index (χ1) is 9.58. The van der Waals surface area contributed by atoms with Gasteiger partial charge in [-0.25, -0.2) is 0 Å². The largest absolute Gasteiger partial charge is 0.398 e. The van der Waals surface area contributed by atoms with Crippen LogP contribution in [0.4, 0.5) is 5.69 Å². The van der Waals surface area contributed by atoms with Gasteiger partial charge in [0.05, 0.1) is 0 Å². The number of benzene rings is 1. The fourth-order valence-corrected chi connectivity index (χ4v) is 3.37. The number of nitrogens with two attached hydrogens (primary N) is 1. The molecule has 4 heteroatoms. The molecule has 3 nitrogen and oxygen atoms in total. The van der Waals surface area contributed by atoms with Crippen LogP contribution in [0.1, 0.15) is 54.4 Å². The smallest absolute Gasteiger partial charge is 0.251 e. The molecule has 0 spiro atoms. The minimum absolute atomic E-state index is 0.0219. The lowest BCUT2D eigenvalue weighted by Crippen LogP contribution is -2.27. The Bertz CT molecular complexity index is 482. The number of halogens is 1. The average Bonchev–Trinajstić information content (AvgIpc) is 2.44. The number of rotatable bonds is 4. The Balaban J connectivity index is 1.88. The van der Waals surface area contributed by atoms with Crippen molar-refractivity contribution in [3.63, 3.8) is 0 Å². The molecule has 1 aromatic carbocycles. The summed E-state index contributed by atoms with van der Waals surface area (Å²) in [6, 6.07) is 3.66. The van der Waals surface area contributed by atoms with E-state index in [0.29, 0.717) is 11.3 Å². The van der Waals surface area contributed by atoms with E-state index in [4.69, 9.17) is 5.73 Å². The highest BCUT2D eigenvalue weighted by atomic mass is 79.9. The highest BCUT2D eigenvalue weighted by molar-refractivity contribution is 9.10. The maximum Gasteiger partial charge on any atom is 0.251 e. The molecule has 1 saturated carbocycles. The Morgan fingerprint density at radius 3 is 2.75 bits per heavy atom. The first-order valence-electron chi connectivity index (χ1n) is 7.41. The van der Waals surface area contributed by atoms with Crippen LogP contribution in [0, 0.1) is 12.8 Å². The molecule has 0 aromatic heterocycles. The molecular formula is C16H23BrN2O. The summed E-state index contributed by atoms with van der Waals surface area (Å²) in [5, 5.41) is 3.03. The van der Waals surface area contributed by atoms with Gasteiger partial charge in [0, 0.05) is 22.3 Å². The summed E-state index contributed by atoms with van der Waals surface area (Å²) < 4.78 is 0.845. The zero-order valence-electron chi connectivity index (χ0n) is 12.0. The first kappa shape index (κ1) is 15.4. The molecule has 110 valence electrons. The van der Waals surface area contributed by atoms with E-state index in [9.17, 15) is 4.79 Å². The molecule has 1 aromatic rings. The second kappa shape index (κ2) is 7.11. The number of carbonyl (C=O) groups is 1. The van der Waals surface area contributed by atoms with Crippen LogP contribution in [-0.4, -0.2) is 12.5 Å². The third-order valence-electron chi connectivity index (χ3n) is 4.22. The van der Waals surface area contributed by atoms with Gasteiger partial charge in [-0.2, -0.15) is 0 Å². The molecule has 0 unspecified atom stereocenters. The van der Waals surface area contributed by atoms with E-state index in [0.717, 1.165) is 28.9 Å². The predicted molar refractivity (Wildman–Crippen MR) is 86.8 cm³/mol. The van der Waals surface area contributed by atoms with Crippen molar-refractivity contribution >= 4 is 27.5 Å². The number of hydrogen-bond donors (Lipinski definition) is 2. The summed E-state index contributed by atoms with van der Waals surface area (Å²) in [5.74, 6) is 0.768. The van der Waals surface area contributed by atoms with Crippen molar-refractivity contribution < 1.29 is 4.79 Å². The fourth-order valence-electron chi connectivity index (χ4n) is 2.90. The number of hydrogen-bond acceptors (Lipinski definition) is 2. The second-order valence-electron chi connectivity index (χ2n) is 5.72. The zero-order valence-corrected chi connectivity index (χ0v) is 13.6. The topological polar surface area (TPSA) is 55.1 Å². The van der Waals surface area contributed by atoms with Gasteiger partial charge >= 0.3 is 0 Å². The highest BCUT2D eigenvalue weighted by Crippen LogP contribution is 2.26. The SMILES string of the molecule is Cc1c(N)cc(Br)cc1C(=O)NCCC1CCCCC1. The predicted octanol–water partition coefficient (Wildman–Crippen LogP) is 4.04. The van der Waals surface area contributed by atoms with Crippen molar-refractivity contribution in [1.29, 1.82) is 0 Å². The van der Waals surface area contributed by atoms with Gasteiger partial charge in [0.2, 0.25) is 0 Å². The molecule has 0 aliphatic heterocycles. The lowest BCUT2D eigenvalue weighted by molar-refractivity contribution is 0.0949. The van der Waals surface area contributed by atoms with Crippen molar-refractivity contribution in [1.82, 2.24) is 5.32 Å². The third-order valence-corrected chi connectivity index (χ3v) is 4.68. The molecule has 1 amide bonds. The number of anilines is 1. The van der Waals surface area contributed by atoms with Crippen molar-refractivity contribution in [2.75, 3.05) is 12.3 Å². The van der Waals surface area contributed by atoms with E-state index in [-0.39, 0.29) is 5.91 Å². The van der Waals surface area contributed by atoms with E-state index in [1.54, 1.807) is 0 Å². The molecular weight excluding hydrogens is 316 g/mol. The van der Waals surface area contributed by atoms with Crippen molar-refractivity contribution in [2.45, 2.75) is 45.4 Å². The van der Waals surface area contributed by atoms with Gasteiger partial charge in [-0.3, -0.25) is 4.79 Å². The maximum atomic E-state index is 12.2. The molecule has 0 atom stereocenters. The molecule has 2 rings (SSSR count). The molecule has 20 heavy (non-hydrogen) atoms. The van der Waals surface area contributed by atoms with Gasteiger partial charge in [-0.05, 0) is 37.0 Å². The quantitative estimate of drug-likeness (QED) is 0.814. The Morgan fingerprint density at radius 1 is 1.35 bits per heavy atom. The lowest BCUT2D eigenvalue weighted by Gasteiger charge is -2.21. The van der Waals surface area contributed by atoms with Gasteiger partial charge < -0.3 is 11.1 Å². The van der Waals surface area contributed by atoms with Crippen LogP contribution in [0.3, 0.4) is 0 Å². The van der Waals surface area contributed by atoms with Crippen LogP contribution in [0.2, 0.25) is 0 Å². The van der Waals surface area contributed by atoms with Crippen LogP contribution in [-0.2, 0) is 0 Å². The standard InChI is InChI=1S/C16H23BrN2O/c1-11-14(9-13(17)10-15(11)18)16(20)19-8-7-12-5-3-2-4-6-12/h9-10,12H,2-8,18H2,1H3,(H,19,20). The number of carbonyl (C=O) groups excluding carboxylic acids is 1. The van der Waals surface area contributed by atoms with Crippen LogP contribution in [0.15, 0.2) is 16.6 Å². The van der Waals surface area contributed by atoms with Crippen LogP contribution < -0.4 is 11.1 Å². The highest BCUT2D eigenvalue weighted by Gasteiger charge is 2.15. The van der Waals surface area contributed by atoms with Gasteiger partial charge in [-0.15, -0.1) is 0 Å². The Labute approximate surface area is 129 Å². The van der Waals surface area contributed by atoms with Crippen LogP contribution in [0.5, 0.6) is 0 Å². The number of amides is 1. The van der Waals surface area contributed by atoms with E-state index >= 15 is 0 Å². The maximum absolute atomic E-state index is 12.2. The molecule has 1 fully saturated rings. The van der Waals surface area contributed by atoms with Crippen molar-refractivity contribution in [3.8, 4) is 0 Å². The number of nitrogen functional groups attached to an aromatic ring is 1. The molecule has 0 radical (unpaired) electrons. The summed E-state index contributed by atoms with van der Waals surface area (Å²) >= 11 is 3.39. The zero-order chi connectivity index (χ0) is 14.5. The normalized spacial score (nSPS) is 16.1. The minimum atomic E-state index is -0.0219. The van der Waals surface area contributed by atoms with Crippen molar-refractivity contribution in [3.05, 3.63) is 27.7 Å². The Morgan fingerprint density at radius 2 is 2.05 bits per heavy atom. The molecule has 0 bridgehead atoms. The Kier molecular flexibility index (Phi) is 5.46. The minimum Gasteiger partial charge on any atom is -0.398 e. The van der Waals surface area contributed by atoms with Crippen LogP contribution >= 0.6 is 15.9 Å². The summed E-state index contributed by atoms with van der Waals surface area (Å²) in [6.45, 7) is 2.65. The van der Waals surface area contributed by atoms with E-state index in [2.05, 4.69) is 21.2 Å². The molecule has 0 heterocycles. The second-order valence-corrected chi connectivity index (χ2v) is 6.63. The van der Waals surface area contributed by atoms with Gasteiger partial charge in [0.1, 0.15) is 0 Å². The first-order valence-corrected chi connectivity index (χ1v) is 8.21. The third kappa shape index (κ3) is 3.98. The molecule has 0 saturated heterocycles. The molecule has 1 aliphatic carbocycles. The average molecular weight is 339 g/mol. The van der Waals surface area contributed by atoms with E-state index < -0.39 is 0 Å². The monoisotopic (exact) mass is 338 g/mol. The number of nitrogens with one attached hydrogen (secondary N) is 1.